The molecule has 0 saturated heterocycles. The molecule has 0 aliphatic rings. The lowest BCUT2D eigenvalue weighted by atomic mass is 10.1. The fraction of sp³-hybridized carbons (Fsp3) is 0.273. The molecule has 3 rings (SSSR count). The largest absolute Gasteiger partial charge is 0.497 e. The number of rotatable bonds is 8. The highest BCUT2D eigenvalue weighted by molar-refractivity contribution is 7.84. The average Bonchev–Trinajstić information content (AvgIpc) is 3.07. The van der Waals surface area contributed by atoms with E-state index in [0.717, 1.165) is 22.4 Å². The number of nitrogens with one attached hydrogen (secondary N) is 1. The number of carbonyl (C=O) groups is 1. The molecule has 0 aliphatic heterocycles. The number of aromatic nitrogens is 1. The molecule has 0 bridgehead atoms. The highest BCUT2D eigenvalue weighted by Crippen LogP contribution is 2.23. The summed E-state index contributed by atoms with van der Waals surface area (Å²) in [7, 11) is 0.228. The van der Waals surface area contributed by atoms with E-state index < -0.39 is 10.8 Å². The van der Waals surface area contributed by atoms with Gasteiger partial charge in [-0.1, -0.05) is 29.8 Å². The molecule has 3 aromatic rings. The van der Waals surface area contributed by atoms with Crippen molar-refractivity contribution in [1.29, 1.82) is 0 Å². The summed E-state index contributed by atoms with van der Waals surface area (Å²) in [6, 6.07) is 15.3. The van der Waals surface area contributed by atoms with Gasteiger partial charge in [0.25, 0.3) is 0 Å². The standard InChI is InChI=1S/C22H24N2O4S/c1-15-4-8-18(9-5-15)22-24-20(16(2)28-22)13-29(26)14-21(25)23-12-17-6-10-19(27-3)11-7-17/h4-11H,12-14H2,1-3H3,(H,23,25)/t29-/m0/s1. The molecule has 0 saturated carbocycles. The van der Waals surface area contributed by atoms with Crippen LogP contribution in [0.25, 0.3) is 11.5 Å². The number of ether oxygens (including phenoxy) is 1. The summed E-state index contributed by atoms with van der Waals surface area (Å²) < 4.78 is 23.2. The molecule has 152 valence electrons. The van der Waals surface area contributed by atoms with Gasteiger partial charge in [0.05, 0.1) is 18.6 Å². The van der Waals surface area contributed by atoms with Gasteiger partial charge in [0.1, 0.15) is 17.3 Å². The third kappa shape index (κ3) is 5.77. The minimum atomic E-state index is -1.38. The molecule has 0 aliphatic carbocycles. The van der Waals surface area contributed by atoms with Gasteiger partial charge < -0.3 is 14.5 Å². The Bertz CT molecular complexity index is 995. The predicted octanol–water partition coefficient (Wildman–Crippen LogP) is 3.53. The Morgan fingerprint density at radius 2 is 1.79 bits per heavy atom. The first-order chi connectivity index (χ1) is 13.9. The molecule has 29 heavy (non-hydrogen) atoms. The van der Waals surface area contributed by atoms with Crippen LogP contribution in [-0.2, 0) is 27.9 Å². The van der Waals surface area contributed by atoms with E-state index in [1.165, 1.54) is 0 Å². The second-order valence-corrected chi connectivity index (χ2v) is 8.20. The topological polar surface area (TPSA) is 81.4 Å². The number of amides is 1. The van der Waals surface area contributed by atoms with Gasteiger partial charge in [-0.25, -0.2) is 4.98 Å². The van der Waals surface area contributed by atoms with Gasteiger partial charge in [0.15, 0.2) is 0 Å². The van der Waals surface area contributed by atoms with Crippen LogP contribution in [0.1, 0.15) is 22.6 Å². The van der Waals surface area contributed by atoms with Gasteiger partial charge in [-0.2, -0.15) is 0 Å². The molecule has 1 atom stereocenters. The second kappa shape index (κ2) is 9.52. The van der Waals surface area contributed by atoms with Gasteiger partial charge >= 0.3 is 0 Å². The van der Waals surface area contributed by atoms with Crippen molar-refractivity contribution in [2.24, 2.45) is 0 Å². The Kier molecular flexibility index (Phi) is 6.82. The van der Waals surface area contributed by atoms with Crippen LogP contribution < -0.4 is 10.1 Å². The van der Waals surface area contributed by atoms with Crippen LogP contribution in [0.5, 0.6) is 5.75 Å². The van der Waals surface area contributed by atoms with Gasteiger partial charge in [-0.05, 0) is 43.7 Å². The number of hydrogen-bond donors (Lipinski definition) is 1. The van der Waals surface area contributed by atoms with E-state index in [1.807, 2.05) is 55.5 Å². The van der Waals surface area contributed by atoms with Crippen LogP contribution in [0, 0.1) is 13.8 Å². The normalized spacial score (nSPS) is 11.8. The number of benzene rings is 2. The summed E-state index contributed by atoms with van der Waals surface area (Å²) in [6.07, 6.45) is 0. The summed E-state index contributed by atoms with van der Waals surface area (Å²) in [4.78, 5) is 16.6. The number of hydrogen-bond acceptors (Lipinski definition) is 5. The van der Waals surface area contributed by atoms with E-state index in [0.29, 0.717) is 23.9 Å². The molecule has 1 aromatic heterocycles. The zero-order valence-corrected chi connectivity index (χ0v) is 17.5. The fourth-order valence-corrected chi connectivity index (χ4v) is 3.80. The molecule has 0 radical (unpaired) electrons. The van der Waals surface area contributed by atoms with Crippen molar-refractivity contribution >= 4 is 16.7 Å². The van der Waals surface area contributed by atoms with Crippen LogP contribution in [0.4, 0.5) is 0 Å². The SMILES string of the molecule is COc1ccc(CNC(=O)C[S@@](=O)Cc2nc(-c3ccc(C)cc3)oc2C)cc1. The molecular weight excluding hydrogens is 388 g/mol. The van der Waals surface area contributed by atoms with E-state index >= 15 is 0 Å². The van der Waals surface area contributed by atoms with Crippen molar-refractivity contribution in [1.82, 2.24) is 10.3 Å². The number of nitrogens with zero attached hydrogens (tertiary/aromatic N) is 1. The quantitative estimate of drug-likeness (QED) is 0.612. The summed E-state index contributed by atoms with van der Waals surface area (Å²) in [5.74, 6) is 1.71. The van der Waals surface area contributed by atoms with Crippen LogP contribution in [0.15, 0.2) is 52.9 Å². The highest BCUT2D eigenvalue weighted by atomic mass is 32.2. The lowest BCUT2D eigenvalue weighted by Crippen LogP contribution is -2.28. The van der Waals surface area contributed by atoms with Gasteiger partial charge in [-0.15, -0.1) is 0 Å². The first-order valence-electron chi connectivity index (χ1n) is 9.22. The maximum atomic E-state index is 12.4. The van der Waals surface area contributed by atoms with Crippen molar-refractivity contribution in [3.05, 3.63) is 71.1 Å². The Morgan fingerprint density at radius 1 is 1.10 bits per heavy atom. The Morgan fingerprint density at radius 3 is 2.45 bits per heavy atom. The second-order valence-electron chi connectivity index (χ2n) is 6.74. The zero-order chi connectivity index (χ0) is 20.8. The lowest BCUT2D eigenvalue weighted by Gasteiger charge is -2.06. The van der Waals surface area contributed by atoms with Crippen molar-refractivity contribution in [3.63, 3.8) is 0 Å². The number of oxazole rings is 1. The highest BCUT2D eigenvalue weighted by Gasteiger charge is 2.16. The molecule has 7 heteroatoms. The van der Waals surface area contributed by atoms with Crippen molar-refractivity contribution < 1.29 is 18.2 Å². The van der Waals surface area contributed by atoms with E-state index in [9.17, 15) is 9.00 Å². The minimum Gasteiger partial charge on any atom is -0.497 e. The zero-order valence-electron chi connectivity index (χ0n) is 16.7. The monoisotopic (exact) mass is 412 g/mol. The molecule has 0 spiro atoms. The summed E-state index contributed by atoms with van der Waals surface area (Å²) in [5.41, 5.74) is 3.58. The Balaban J connectivity index is 1.53. The van der Waals surface area contributed by atoms with E-state index in [2.05, 4.69) is 10.3 Å². The first kappa shape index (κ1) is 20.8. The number of aryl methyl sites for hydroxylation is 2. The Hall–Kier alpha value is -2.93. The van der Waals surface area contributed by atoms with Gasteiger partial charge in [-0.3, -0.25) is 9.00 Å². The third-order valence-corrected chi connectivity index (χ3v) is 5.61. The van der Waals surface area contributed by atoms with E-state index in [-0.39, 0.29) is 17.4 Å². The molecular formula is C22H24N2O4S. The maximum Gasteiger partial charge on any atom is 0.232 e. The van der Waals surface area contributed by atoms with Crippen molar-refractivity contribution in [2.45, 2.75) is 26.1 Å². The van der Waals surface area contributed by atoms with Gasteiger partial charge in [0, 0.05) is 22.9 Å². The number of carbonyl (C=O) groups excluding carboxylic acids is 1. The van der Waals surface area contributed by atoms with Crippen LogP contribution in [0.3, 0.4) is 0 Å². The van der Waals surface area contributed by atoms with Crippen molar-refractivity contribution in [3.8, 4) is 17.2 Å². The van der Waals surface area contributed by atoms with Crippen LogP contribution >= 0.6 is 0 Å². The summed E-state index contributed by atoms with van der Waals surface area (Å²) in [6.45, 7) is 4.18. The Labute approximate surface area is 172 Å². The maximum absolute atomic E-state index is 12.4. The molecule has 0 unspecified atom stereocenters. The fourth-order valence-electron chi connectivity index (χ4n) is 2.73. The van der Waals surface area contributed by atoms with E-state index in [4.69, 9.17) is 9.15 Å². The van der Waals surface area contributed by atoms with Crippen LogP contribution in [-0.4, -0.2) is 28.0 Å². The number of methoxy groups -OCH3 is 1. The molecule has 1 N–H and O–H groups in total. The van der Waals surface area contributed by atoms with Gasteiger partial charge in [0.2, 0.25) is 11.8 Å². The summed E-state index contributed by atoms with van der Waals surface area (Å²) in [5, 5.41) is 2.79. The molecule has 2 aromatic carbocycles. The molecule has 6 nitrogen and oxygen atoms in total. The smallest absolute Gasteiger partial charge is 0.232 e. The molecule has 1 amide bonds. The average molecular weight is 413 g/mol. The van der Waals surface area contributed by atoms with Crippen molar-refractivity contribution in [2.75, 3.05) is 12.9 Å². The molecule has 0 fully saturated rings. The van der Waals surface area contributed by atoms with E-state index in [1.54, 1.807) is 14.0 Å². The minimum absolute atomic E-state index is 0.0810. The molecule has 1 heterocycles. The van der Waals surface area contributed by atoms with Crippen LogP contribution in [0.2, 0.25) is 0 Å². The lowest BCUT2D eigenvalue weighted by molar-refractivity contribution is -0.118. The third-order valence-electron chi connectivity index (χ3n) is 4.43. The predicted molar refractivity (Wildman–Crippen MR) is 113 cm³/mol. The summed E-state index contributed by atoms with van der Waals surface area (Å²) >= 11 is 0. The first-order valence-corrected chi connectivity index (χ1v) is 10.7.